The Morgan fingerprint density at radius 3 is 2.70 bits per heavy atom. The number of para-hydroxylation sites is 1. The van der Waals surface area contributed by atoms with E-state index in [1.54, 1.807) is 0 Å². The number of hydrogen-bond donors (Lipinski definition) is 2. The molecule has 1 aliphatic carbocycles. The lowest BCUT2D eigenvalue weighted by Gasteiger charge is -2.26. The Hall–Kier alpha value is -1.55. The molecule has 0 radical (unpaired) electrons. The van der Waals surface area contributed by atoms with Crippen LogP contribution < -0.4 is 10.2 Å². The molecule has 0 unspecified atom stereocenters. The maximum atomic E-state index is 12.0. The van der Waals surface area contributed by atoms with Crippen LogP contribution in [0.4, 0.5) is 5.69 Å². The number of aliphatic hydroxyl groups excluding tert-OH is 1. The van der Waals surface area contributed by atoms with E-state index in [1.807, 2.05) is 42.2 Å². The first-order valence-electron chi connectivity index (χ1n) is 7.43. The molecule has 1 atom stereocenters. The van der Waals surface area contributed by atoms with Gasteiger partial charge in [0.05, 0.1) is 12.6 Å². The van der Waals surface area contributed by atoms with Crippen molar-refractivity contribution in [2.24, 2.45) is 5.92 Å². The Bertz CT molecular complexity index is 418. The lowest BCUT2D eigenvalue weighted by molar-refractivity contribution is -0.119. The average molecular weight is 276 g/mol. The molecule has 0 heterocycles. The van der Waals surface area contributed by atoms with Crippen molar-refractivity contribution in [2.75, 3.05) is 24.5 Å². The molecular weight excluding hydrogens is 252 g/mol. The van der Waals surface area contributed by atoms with Crippen molar-refractivity contribution in [1.29, 1.82) is 0 Å². The number of anilines is 1. The largest absolute Gasteiger partial charge is 0.391 e. The van der Waals surface area contributed by atoms with Crippen LogP contribution in [0.25, 0.3) is 0 Å². The summed E-state index contributed by atoms with van der Waals surface area (Å²) >= 11 is 0. The van der Waals surface area contributed by atoms with Crippen molar-refractivity contribution in [3.05, 3.63) is 30.3 Å². The van der Waals surface area contributed by atoms with Gasteiger partial charge in [0, 0.05) is 18.8 Å². The molecule has 2 rings (SSSR count). The van der Waals surface area contributed by atoms with Gasteiger partial charge in [-0.05, 0) is 37.3 Å². The average Bonchev–Trinajstić information content (AvgIpc) is 3.29. The highest BCUT2D eigenvalue weighted by atomic mass is 16.3. The molecule has 4 heteroatoms. The van der Waals surface area contributed by atoms with Crippen LogP contribution in [0.5, 0.6) is 0 Å². The van der Waals surface area contributed by atoms with Crippen molar-refractivity contribution in [3.63, 3.8) is 0 Å². The number of hydrogen-bond acceptors (Lipinski definition) is 3. The topological polar surface area (TPSA) is 52.6 Å². The van der Waals surface area contributed by atoms with E-state index in [1.165, 1.54) is 12.8 Å². The van der Waals surface area contributed by atoms with Gasteiger partial charge in [-0.1, -0.05) is 25.1 Å². The highest BCUT2D eigenvalue weighted by Gasteiger charge is 2.22. The lowest BCUT2D eigenvalue weighted by atomic mass is 10.2. The predicted octanol–water partition coefficient (Wildman–Crippen LogP) is 1.79. The maximum absolute atomic E-state index is 12.0. The summed E-state index contributed by atoms with van der Waals surface area (Å²) in [7, 11) is 0. The van der Waals surface area contributed by atoms with Crippen LogP contribution in [-0.2, 0) is 4.79 Å². The molecule has 2 N–H and O–H groups in total. The van der Waals surface area contributed by atoms with Gasteiger partial charge in [0.15, 0.2) is 0 Å². The molecule has 1 aromatic rings. The van der Waals surface area contributed by atoms with Gasteiger partial charge in [0.1, 0.15) is 0 Å². The number of rotatable bonds is 8. The Morgan fingerprint density at radius 2 is 2.10 bits per heavy atom. The van der Waals surface area contributed by atoms with Gasteiger partial charge < -0.3 is 15.3 Å². The van der Waals surface area contributed by atoms with E-state index < -0.39 is 6.10 Å². The van der Waals surface area contributed by atoms with Crippen molar-refractivity contribution in [3.8, 4) is 0 Å². The standard InChI is InChI=1S/C16H24N2O2/c1-2-15(19)11-18(14-6-4-3-5-7-14)12-16(20)17-10-13-8-9-13/h3-7,13,15,19H,2,8-12H2,1H3,(H,17,20)/t15-/m1/s1. The Kier molecular flexibility index (Phi) is 5.41. The SMILES string of the molecule is CC[C@@H](O)CN(CC(=O)NCC1CC1)c1ccccc1. The van der Waals surface area contributed by atoms with Gasteiger partial charge in [0.2, 0.25) is 5.91 Å². The second-order valence-electron chi connectivity index (χ2n) is 5.53. The summed E-state index contributed by atoms with van der Waals surface area (Å²) in [6, 6.07) is 9.78. The maximum Gasteiger partial charge on any atom is 0.239 e. The lowest BCUT2D eigenvalue weighted by Crippen LogP contribution is -2.41. The van der Waals surface area contributed by atoms with E-state index in [4.69, 9.17) is 0 Å². The summed E-state index contributed by atoms with van der Waals surface area (Å²) in [4.78, 5) is 13.9. The van der Waals surface area contributed by atoms with E-state index in [9.17, 15) is 9.90 Å². The van der Waals surface area contributed by atoms with Crippen LogP contribution in [-0.4, -0.2) is 36.8 Å². The Morgan fingerprint density at radius 1 is 1.40 bits per heavy atom. The first-order valence-corrected chi connectivity index (χ1v) is 7.43. The summed E-state index contributed by atoms with van der Waals surface area (Å²) in [6.07, 6.45) is 2.74. The fourth-order valence-corrected chi connectivity index (χ4v) is 2.09. The smallest absolute Gasteiger partial charge is 0.239 e. The van der Waals surface area contributed by atoms with Gasteiger partial charge in [-0.2, -0.15) is 0 Å². The second kappa shape index (κ2) is 7.29. The van der Waals surface area contributed by atoms with Crippen molar-refractivity contribution in [1.82, 2.24) is 5.32 Å². The summed E-state index contributed by atoms with van der Waals surface area (Å²) in [5, 5.41) is 12.8. The van der Waals surface area contributed by atoms with Crippen molar-refractivity contribution < 1.29 is 9.90 Å². The van der Waals surface area contributed by atoms with E-state index in [0.717, 1.165) is 12.2 Å². The summed E-state index contributed by atoms with van der Waals surface area (Å²) < 4.78 is 0. The zero-order valence-electron chi connectivity index (χ0n) is 12.1. The number of amides is 1. The van der Waals surface area contributed by atoms with Gasteiger partial charge >= 0.3 is 0 Å². The first kappa shape index (κ1) is 14.9. The molecule has 4 nitrogen and oxygen atoms in total. The van der Waals surface area contributed by atoms with Gasteiger partial charge in [-0.15, -0.1) is 0 Å². The minimum Gasteiger partial charge on any atom is -0.391 e. The highest BCUT2D eigenvalue weighted by molar-refractivity contribution is 5.81. The van der Waals surface area contributed by atoms with Crippen molar-refractivity contribution in [2.45, 2.75) is 32.3 Å². The fraction of sp³-hybridized carbons (Fsp3) is 0.562. The number of nitrogens with one attached hydrogen (secondary N) is 1. The number of carbonyl (C=O) groups excluding carboxylic acids is 1. The van der Waals surface area contributed by atoms with Crippen LogP contribution in [0.3, 0.4) is 0 Å². The van der Waals surface area contributed by atoms with Crippen LogP contribution in [0, 0.1) is 5.92 Å². The Balaban J connectivity index is 1.92. The quantitative estimate of drug-likeness (QED) is 0.761. The third-order valence-corrected chi connectivity index (χ3v) is 3.64. The zero-order valence-corrected chi connectivity index (χ0v) is 12.1. The normalized spacial score (nSPS) is 15.7. The number of aliphatic hydroxyl groups is 1. The van der Waals surface area contributed by atoms with Crippen LogP contribution >= 0.6 is 0 Å². The molecule has 0 aliphatic heterocycles. The minimum absolute atomic E-state index is 0.0315. The van der Waals surface area contributed by atoms with Gasteiger partial charge in [-0.25, -0.2) is 0 Å². The molecule has 1 aromatic carbocycles. The van der Waals surface area contributed by atoms with Gasteiger partial charge in [-0.3, -0.25) is 4.79 Å². The number of nitrogens with zero attached hydrogens (tertiary/aromatic N) is 1. The fourth-order valence-electron chi connectivity index (χ4n) is 2.09. The molecule has 0 bridgehead atoms. The Labute approximate surface area is 120 Å². The summed E-state index contributed by atoms with van der Waals surface area (Å²) in [5.41, 5.74) is 0.974. The first-order chi connectivity index (χ1) is 9.69. The monoisotopic (exact) mass is 276 g/mol. The zero-order chi connectivity index (χ0) is 14.4. The van der Waals surface area contributed by atoms with E-state index >= 15 is 0 Å². The number of carbonyl (C=O) groups is 1. The molecule has 1 saturated carbocycles. The molecule has 1 aliphatic rings. The van der Waals surface area contributed by atoms with Gasteiger partial charge in [0.25, 0.3) is 0 Å². The summed E-state index contributed by atoms with van der Waals surface area (Å²) in [5.74, 6) is 0.717. The predicted molar refractivity (Wildman–Crippen MR) is 80.7 cm³/mol. The minimum atomic E-state index is -0.411. The molecule has 0 spiro atoms. The van der Waals surface area contributed by atoms with Crippen LogP contribution in [0.2, 0.25) is 0 Å². The molecular formula is C16H24N2O2. The van der Waals surface area contributed by atoms with Crippen LogP contribution in [0.1, 0.15) is 26.2 Å². The third kappa shape index (κ3) is 4.85. The molecule has 0 saturated heterocycles. The summed E-state index contributed by atoms with van der Waals surface area (Å²) in [6.45, 7) is 3.52. The third-order valence-electron chi connectivity index (χ3n) is 3.64. The molecule has 0 aromatic heterocycles. The van der Waals surface area contributed by atoms with Crippen LogP contribution in [0.15, 0.2) is 30.3 Å². The molecule has 1 amide bonds. The van der Waals surface area contributed by atoms with E-state index in [0.29, 0.717) is 25.4 Å². The molecule has 1 fully saturated rings. The van der Waals surface area contributed by atoms with E-state index in [2.05, 4.69) is 5.32 Å². The van der Waals surface area contributed by atoms with E-state index in [-0.39, 0.29) is 5.91 Å². The molecule has 110 valence electrons. The van der Waals surface area contributed by atoms with Crippen molar-refractivity contribution >= 4 is 11.6 Å². The highest BCUT2D eigenvalue weighted by Crippen LogP contribution is 2.27. The second-order valence-corrected chi connectivity index (χ2v) is 5.53. The number of benzene rings is 1. The molecule has 20 heavy (non-hydrogen) atoms.